The number of hydrogen-bond acceptors (Lipinski definition) is 3. The molecule has 0 radical (unpaired) electrons. The van der Waals surface area contributed by atoms with Crippen molar-refractivity contribution in [3.05, 3.63) is 35.2 Å². The highest BCUT2D eigenvalue weighted by atomic mass is 32.1. The van der Waals surface area contributed by atoms with Crippen molar-refractivity contribution >= 4 is 22.4 Å². The van der Waals surface area contributed by atoms with Crippen molar-refractivity contribution in [1.29, 1.82) is 0 Å². The molecule has 1 aromatic heterocycles. The Kier molecular flexibility index (Phi) is 3.62. The van der Waals surface area contributed by atoms with Gasteiger partial charge in [0.15, 0.2) is 5.96 Å². The molecule has 1 aromatic carbocycles. The summed E-state index contributed by atoms with van der Waals surface area (Å²) in [7, 11) is 0. The van der Waals surface area contributed by atoms with Crippen molar-refractivity contribution in [3.63, 3.8) is 0 Å². The molecule has 0 saturated carbocycles. The summed E-state index contributed by atoms with van der Waals surface area (Å²) >= 11 is 1.42. The first-order valence-electron chi connectivity index (χ1n) is 5.72. The van der Waals surface area contributed by atoms with Crippen molar-refractivity contribution in [2.24, 2.45) is 16.5 Å². The fourth-order valence-corrected chi connectivity index (χ4v) is 2.31. The van der Waals surface area contributed by atoms with E-state index in [9.17, 15) is 0 Å². The minimum absolute atomic E-state index is 0.0334. The minimum atomic E-state index is 0.0334. The Bertz CT molecular complexity index is 551. The predicted molar refractivity (Wildman–Crippen MR) is 77.1 cm³/mol. The zero-order valence-corrected chi connectivity index (χ0v) is 11.2. The van der Waals surface area contributed by atoms with E-state index in [0.29, 0.717) is 11.0 Å². The van der Waals surface area contributed by atoms with E-state index in [0.717, 1.165) is 11.3 Å². The summed E-state index contributed by atoms with van der Waals surface area (Å²) in [6.45, 7) is 4.35. The van der Waals surface area contributed by atoms with Crippen molar-refractivity contribution in [1.82, 2.24) is 4.98 Å². The number of thiazole rings is 1. The Labute approximate surface area is 110 Å². The fourth-order valence-electron chi connectivity index (χ4n) is 1.60. The number of guanidine groups is 1. The van der Waals surface area contributed by atoms with E-state index in [1.54, 1.807) is 0 Å². The van der Waals surface area contributed by atoms with Gasteiger partial charge in [-0.3, -0.25) is 0 Å². The number of rotatable bonds is 3. The summed E-state index contributed by atoms with van der Waals surface area (Å²) < 4.78 is 0. The van der Waals surface area contributed by atoms with E-state index in [-0.39, 0.29) is 5.96 Å². The lowest BCUT2D eigenvalue weighted by Gasteiger charge is -2.05. The molecular weight excluding hydrogens is 244 g/mol. The Morgan fingerprint density at radius 2 is 1.89 bits per heavy atom. The quantitative estimate of drug-likeness (QED) is 0.658. The summed E-state index contributed by atoms with van der Waals surface area (Å²) in [4.78, 5) is 8.30. The van der Waals surface area contributed by atoms with Crippen LogP contribution in [0.3, 0.4) is 0 Å². The van der Waals surface area contributed by atoms with E-state index in [2.05, 4.69) is 48.1 Å². The van der Waals surface area contributed by atoms with Gasteiger partial charge in [-0.15, -0.1) is 11.3 Å². The summed E-state index contributed by atoms with van der Waals surface area (Å²) in [5.74, 6) is 0.567. The summed E-state index contributed by atoms with van der Waals surface area (Å²) in [6.07, 6.45) is 0. The summed E-state index contributed by atoms with van der Waals surface area (Å²) in [5, 5.41) is 2.53. The predicted octanol–water partition coefficient (Wildman–Crippen LogP) is 2.84. The van der Waals surface area contributed by atoms with Crippen LogP contribution >= 0.6 is 11.3 Å². The highest BCUT2D eigenvalue weighted by Gasteiger charge is 2.05. The molecule has 1 heterocycles. The van der Waals surface area contributed by atoms with E-state index in [4.69, 9.17) is 11.5 Å². The Morgan fingerprint density at radius 3 is 2.44 bits per heavy atom. The molecule has 4 N–H and O–H groups in total. The normalized spacial score (nSPS) is 10.6. The minimum Gasteiger partial charge on any atom is -0.370 e. The van der Waals surface area contributed by atoms with Gasteiger partial charge in [-0.25, -0.2) is 4.98 Å². The van der Waals surface area contributed by atoms with Crippen molar-refractivity contribution in [2.75, 3.05) is 0 Å². The molecule has 0 spiro atoms. The molecule has 5 heteroatoms. The molecule has 4 nitrogen and oxygen atoms in total. The van der Waals surface area contributed by atoms with Crippen LogP contribution in [0, 0.1) is 0 Å². The van der Waals surface area contributed by atoms with Crippen LogP contribution in [0.4, 0.5) is 5.13 Å². The molecule has 0 amide bonds. The average molecular weight is 260 g/mol. The van der Waals surface area contributed by atoms with Gasteiger partial charge < -0.3 is 11.5 Å². The zero-order valence-electron chi connectivity index (χ0n) is 10.4. The molecule has 0 aliphatic heterocycles. The van der Waals surface area contributed by atoms with E-state index < -0.39 is 0 Å². The van der Waals surface area contributed by atoms with Crippen LogP contribution in [0.5, 0.6) is 0 Å². The highest BCUT2D eigenvalue weighted by Crippen LogP contribution is 2.27. The average Bonchev–Trinajstić information content (AvgIpc) is 2.76. The van der Waals surface area contributed by atoms with Crippen LogP contribution in [0.15, 0.2) is 34.6 Å². The third-order valence-corrected chi connectivity index (χ3v) is 3.32. The summed E-state index contributed by atoms with van der Waals surface area (Å²) in [5.41, 5.74) is 13.9. The maximum absolute atomic E-state index is 5.32. The number of benzene rings is 1. The Morgan fingerprint density at radius 1 is 1.22 bits per heavy atom. The first-order valence-corrected chi connectivity index (χ1v) is 6.59. The largest absolute Gasteiger partial charge is 0.370 e. The first kappa shape index (κ1) is 12.6. The standard InChI is InChI=1S/C13H16N4S/c1-8(2)9-3-5-10(6-4-9)11-7-18-13(16-11)17-12(14)15/h3-8H,1-2H3,(H4,14,15,16,17). The van der Waals surface area contributed by atoms with Gasteiger partial charge >= 0.3 is 0 Å². The van der Waals surface area contributed by atoms with E-state index >= 15 is 0 Å². The van der Waals surface area contributed by atoms with Crippen molar-refractivity contribution in [2.45, 2.75) is 19.8 Å². The monoisotopic (exact) mass is 260 g/mol. The molecule has 0 fully saturated rings. The van der Waals surface area contributed by atoms with Gasteiger partial charge in [0.2, 0.25) is 5.13 Å². The van der Waals surface area contributed by atoms with Crippen molar-refractivity contribution < 1.29 is 0 Å². The molecule has 2 rings (SSSR count). The van der Waals surface area contributed by atoms with Crippen LogP contribution < -0.4 is 11.5 Å². The lowest BCUT2D eigenvalue weighted by molar-refractivity contribution is 0.867. The van der Waals surface area contributed by atoms with E-state index in [1.165, 1.54) is 16.9 Å². The second-order valence-electron chi connectivity index (χ2n) is 4.33. The summed E-state index contributed by atoms with van der Waals surface area (Å²) in [6, 6.07) is 8.40. The maximum atomic E-state index is 5.32. The van der Waals surface area contributed by atoms with E-state index in [1.807, 2.05) is 5.38 Å². The third kappa shape index (κ3) is 2.87. The third-order valence-electron chi connectivity index (χ3n) is 2.59. The van der Waals surface area contributed by atoms with Gasteiger partial charge in [-0.1, -0.05) is 38.1 Å². The van der Waals surface area contributed by atoms with Gasteiger partial charge in [-0.2, -0.15) is 4.99 Å². The lowest BCUT2D eigenvalue weighted by atomic mass is 10.0. The number of aliphatic imine (C=N–C) groups is 1. The molecule has 0 aliphatic rings. The molecule has 94 valence electrons. The van der Waals surface area contributed by atoms with Gasteiger partial charge in [0.1, 0.15) is 0 Å². The first-order chi connectivity index (χ1) is 8.56. The van der Waals surface area contributed by atoms with Crippen LogP contribution in [0.25, 0.3) is 11.3 Å². The van der Waals surface area contributed by atoms with Crippen LogP contribution in [-0.4, -0.2) is 10.9 Å². The van der Waals surface area contributed by atoms with Crippen molar-refractivity contribution in [3.8, 4) is 11.3 Å². The van der Waals surface area contributed by atoms with Crippen LogP contribution in [0.2, 0.25) is 0 Å². The molecule has 0 unspecified atom stereocenters. The molecule has 0 aliphatic carbocycles. The number of nitrogens with two attached hydrogens (primary N) is 2. The van der Waals surface area contributed by atoms with Gasteiger partial charge in [0.25, 0.3) is 0 Å². The fraction of sp³-hybridized carbons (Fsp3) is 0.231. The highest BCUT2D eigenvalue weighted by molar-refractivity contribution is 7.13. The Hall–Kier alpha value is -1.88. The molecule has 0 saturated heterocycles. The molecular formula is C13H16N4S. The zero-order chi connectivity index (χ0) is 13.1. The molecule has 0 atom stereocenters. The van der Waals surface area contributed by atoms with Gasteiger partial charge in [0.05, 0.1) is 5.69 Å². The molecule has 18 heavy (non-hydrogen) atoms. The van der Waals surface area contributed by atoms with Crippen LogP contribution in [0.1, 0.15) is 25.3 Å². The second-order valence-corrected chi connectivity index (χ2v) is 5.17. The second kappa shape index (κ2) is 5.18. The Balaban J connectivity index is 2.26. The molecule has 2 aromatic rings. The molecule has 0 bridgehead atoms. The van der Waals surface area contributed by atoms with Gasteiger partial charge in [0, 0.05) is 10.9 Å². The lowest BCUT2D eigenvalue weighted by Crippen LogP contribution is -2.21. The number of aromatic nitrogens is 1. The SMILES string of the molecule is CC(C)c1ccc(-c2csc(N=C(N)N)n2)cc1. The number of hydrogen-bond donors (Lipinski definition) is 2. The smallest absolute Gasteiger partial charge is 0.212 e. The van der Waals surface area contributed by atoms with Crippen LogP contribution in [-0.2, 0) is 0 Å². The topological polar surface area (TPSA) is 77.3 Å². The van der Waals surface area contributed by atoms with Gasteiger partial charge in [-0.05, 0) is 11.5 Å². The number of nitrogens with zero attached hydrogens (tertiary/aromatic N) is 2. The maximum Gasteiger partial charge on any atom is 0.212 e.